The molecule has 0 bridgehead atoms. The van der Waals surface area contributed by atoms with Crippen LogP contribution in [0, 0.1) is 24.5 Å². The van der Waals surface area contributed by atoms with Gasteiger partial charge in [-0.3, -0.25) is 4.79 Å². The second-order valence-corrected chi connectivity index (χ2v) is 7.57. The number of fused-ring (bicyclic) bond motifs is 1. The average Bonchev–Trinajstić information content (AvgIpc) is 2.94. The Morgan fingerprint density at radius 3 is 2.58 bits per heavy atom. The fourth-order valence-corrected chi connectivity index (χ4v) is 3.84. The zero-order valence-electron chi connectivity index (χ0n) is 14.4. The normalized spacial score (nSPS) is 12.3. The first-order chi connectivity index (χ1) is 12.3. The monoisotopic (exact) mass is 376 g/mol. The summed E-state index contributed by atoms with van der Waals surface area (Å²) in [6.07, 6.45) is 0.0528. The van der Waals surface area contributed by atoms with Crippen LogP contribution in [0.1, 0.15) is 22.9 Å². The summed E-state index contributed by atoms with van der Waals surface area (Å²) in [5, 5.41) is 10.0. The van der Waals surface area contributed by atoms with Crippen molar-refractivity contribution in [3.63, 3.8) is 0 Å². The van der Waals surface area contributed by atoms with E-state index in [-0.39, 0.29) is 13.0 Å². The van der Waals surface area contributed by atoms with Gasteiger partial charge in [-0.05, 0) is 42.5 Å². The molecule has 0 radical (unpaired) electrons. The standard InChI is InChI=1S/C20H18F2O3S/c1-11(20(23)24)6-13-8-16(21)18(17(22)9-13)25-10-15-5-3-4-14-7-12(2)26-19(14)15/h3-5,7-9,11H,6,10H2,1-2H3,(H,23,24). The van der Waals surface area contributed by atoms with Crippen molar-refractivity contribution in [2.45, 2.75) is 26.9 Å². The van der Waals surface area contributed by atoms with Crippen molar-refractivity contribution in [2.75, 3.05) is 0 Å². The van der Waals surface area contributed by atoms with Crippen LogP contribution in [0.25, 0.3) is 10.1 Å². The lowest BCUT2D eigenvalue weighted by atomic mass is 10.0. The van der Waals surface area contributed by atoms with E-state index in [4.69, 9.17) is 9.84 Å². The van der Waals surface area contributed by atoms with E-state index in [0.29, 0.717) is 5.56 Å². The van der Waals surface area contributed by atoms with E-state index < -0.39 is 29.3 Å². The number of aliphatic carboxylic acids is 1. The molecule has 1 heterocycles. The summed E-state index contributed by atoms with van der Waals surface area (Å²) < 4.78 is 35.0. The third-order valence-electron chi connectivity index (χ3n) is 4.14. The molecule has 0 saturated carbocycles. The molecule has 2 aromatic carbocycles. The van der Waals surface area contributed by atoms with E-state index in [9.17, 15) is 13.6 Å². The summed E-state index contributed by atoms with van der Waals surface area (Å²) in [6.45, 7) is 3.55. The molecule has 3 aromatic rings. The number of rotatable bonds is 6. The van der Waals surface area contributed by atoms with E-state index >= 15 is 0 Å². The van der Waals surface area contributed by atoms with Gasteiger partial charge in [-0.1, -0.05) is 25.1 Å². The lowest BCUT2D eigenvalue weighted by molar-refractivity contribution is -0.141. The van der Waals surface area contributed by atoms with Gasteiger partial charge in [0.15, 0.2) is 17.4 Å². The largest absolute Gasteiger partial charge is 0.483 e. The van der Waals surface area contributed by atoms with Gasteiger partial charge in [0.05, 0.1) is 5.92 Å². The van der Waals surface area contributed by atoms with Crippen molar-refractivity contribution in [3.8, 4) is 5.75 Å². The minimum Gasteiger partial charge on any atom is -0.483 e. The number of hydrogen-bond donors (Lipinski definition) is 1. The Bertz CT molecular complexity index is 942. The van der Waals surface area contributed by atoms with Crippen molar-refractivity contribution in [1.82, 2.24) is 0 Å². The Balaban J connectivity index is 1.80. The number of hydrogen-bond acceptors (Lipinski definition) is 3. The van der Waals surface area contributed by atoms with Crippen LogP contribution >= 0.6 is 11.3 Å². The molecule has 0 aliphatic rings. The molecule has 26 heavy (non-hydrogen) atoms. The van der Waals surface area contributed by atoms with Crippen molar-refractivity contribution < 1.29 is 23.4 Å². The van der Waals surface area contributed by atoms with Gasteiger partial charge in [-0.2, -0.15) is 0 Å². The summed E-state index contributed by atoms with van der Waals surface area (Å²) in [7, 11) is 0. The molecule has 3 nitrogen and oxygen atoms in total. The highest BCUT2D eigenvalue weighted by Gasteiger charge is 2.17. The number of thiophene rings is 1. The zero-order valence-corrected chi connectivity index (χ0v) is 15.2. The molecule has 0 amide bonds. The van der Waals surface area contributed by atoms with Crippen LogP contribution in [-0.4, -0.2) is 11.1 Å². The molecule has 3 rings (SSSR count). The van der Waals surface area contributed by atoms with Gasteiger partial charge in [0.2, 0.25) is 0 Å². The SMILES string of the molecule is Cc1cc2cccc(COc3c(F)cc(CC(C)C(=O)O)cc3F)c2s1. The van der Waals surface area contributed by atoms with Crippen LogP contribution in [0.5, 0.6) is 5.75 Å². The molecule has 0 aliphatic carbocycles. The quantitative estimate of drug-likeness (QED) is 0.632. The average molecular weight is 376 g/mol. The zero-order chi connectivity index (χ0) is 18.8. The topological polar surface area (TPSA) is 46.5 Å². The van der Waals surface area contributed by atoms with Gasteiger partial charge in [0, 0.05) is 15.1 Å². The molecule has 6 heteroatoms. The molecular formula is C20H18F2O3S. The fourth-order valence-electron chi connectivity index (χ4n) is 2.82. The molecule has 1 unspecified atom stereocenters. The highest BCUT2D eigenvalue weighted by atomic mass is 32.1. The van der Waals surface area contributed by atoms with Gasteiger partial charge in [-0.15, -0.1) is 11.3 Å². The molecular weight excluding hydrogens is 358 g/mol. The first kappa shape index (κ1) is 18.3. The molecule has 1 N–H and O–H groups in total. The van der Waals surface area contributed by atoms with Crippen molar-refractivity contribution >= 4 is 27.4 Å². The molecule has 136 valence electrons. The summed E-state index contributed by atoms with van der Waals surface area (Å²) in [5.74, 6) is -3.83. The van der Waals surface area contributed by atoms with E-state index in [1.165, 1.54) is 6.92 Å². The predicted octanol–water partition coefficient (Wildman–Crippen LogP) is 5.33. The fraction of sp³-hybridized carbons (Fsp3) is 0.250. The Morgan fingerprint density at radius 2 is 1.92 bits per heavy atom. The van der Waals surface area contributed by atoms with E-state index in [0.717, 1.165) is 32.7 Å². The number of benzene rings is 2. The Labute approximate surface area is 153 Å². The van der Waals surface area contributed by atoms with Crippen molar-refractivity contribution in [3.05, 3.63) is 64.0 Å². The van der Waals surface area contributed by atoms with Crippen molar-refractivity contribution in [2.24, 2.45) is 5.92 Å². The maximum Gasteiger partial charge on any atom is 0.306 e. The molecule has 1 atom stereocenters. The third kappa shape index (κ3) is 3.85. The highest BCUT2D eigenvalue weighted by molar-refractivity contribution is 7.19. The third-order valence-corrected chi connectivity index (χ3v) is 5.28. The van der Waals surface area contributed by atoms with Crippen LogP contribution < -0.4 is 4.74 Å². The van der Waals surface area contributed by atoms with E-state index in [1.54, 1.807) is 11.3 Å². The highest BCUT2D eigenvalue weighted by Crippen LogP contribution is 2.30. The van der Waals surface area contributed by atoms with E-state index in [2.05, 4.69) is 6.07 Å². The number of carbonyl (C=O) groups is 1. The second-order valence-electron chi connectivity index (χ2n) is 6.31. The smallest absolute Gasteiger partial charge is 0.306 e. The van der Waals surface area contributed by atoms with Gasteiger partial charge in [0.1, 0.15) is 6.61 Å². The number of aryl methyl sites for hydroxylation is 1. The maximum absolute atomic E-state index is 14.3. The summed E-state index contributed by atoms with van der Waals surface area (Å²) in [5.41, 5.74) is 1.15. The van der Waals surface area contributed by atoms with Crippen LogP contribution in [0.4, 0.5) is 8.78 Å². The number of ether oxygens (including phenoxy) is 1. The number of carboxylic acids is 1. The molecule has 0 aliphatic heterocycles. The Morgan fingerprint density at radius 1 is 1.23 bits per heavy atom. The van der Waals surface area contributed by atoms with Crippen LogP contribution in [0.3, 0.4) is 0 Å². The summed E-state index contributed by atoms with van der Waals surface area (Å²) >= 11 is 1.61. The summed E-state index contributed by atoms with van der Waals surface area (Å²) in [6, 6.07) is 10.1. The molecule has 1 aromatic heterocycles. The Kier molecular flexibility index (Phi) is 5.23. The van der Waals surface area contributed by atoms with E-state index in [1.807, 2.05) is 25.1 Å². The molecule has 0 saturated heterocycles. The Hall–Kier alpha value is -2.47. The number of carboxylic acid groups (broad SMARTS) is 1. The van der Waals surface area contributed by atoms with Crippen LogP contribution in [0.2, 0.25) is 0 Å². The first-order valence-corrected chi connectivity index (χ1v) is 8.98. The lowest BCUT2D eigenvalue weighted by Crippen LogP contribution is -2.12. The minimum atomic E-state index is -1.01. The van der Waals surface area contributed by atoms with Gasteiger partial charge < -0.3 is 9.84 Å². The minimum absolute atomic E-state index is 0.0516. The van der Waals surface area contributed by atoms with Crippen LogP contribution in [-0.2, 0) is 17.8 Å². The summed E-state index contributed by atoms with van der Waals surface area (Å²) in [4.78, 5) is 12.1. The number of halogens is 2. The maximum atomic E-state index is 14.3. The van der Waals surface area contributed by atoms with Crippen molar-refractivity contribution in [1.29, 1.82) is 0 Å². The second kappa shape index (κ2) is 7.41. The van der Waals surface area contributed by atoms with Crippen LogP contribution in [0.15, 0.2) is 36.4 Å². The first-order valence-electron chi connectivity index (χ1n) is 8.16. The predicted molar refractivity (Wildman–Crippen MR) is 97.8 cm³/mol. The van der Waals surface area contributed by atoms with Gasteiger partial charge >= 0.3 is 5.97 Å². The van der Waals surface area contributed by atoms with Gasteiger partial charge in [0.25, 0.3) is 0 Å². The molecule has 0 spiro atoms. The molecule has 0 fully saturated rings. The lowest BCUT2D eigenvalue weighted by Gasteiger charge is -2.12. The van der Waals surface area contributed by atoms with Gasteiger partial charge in [-0.25, -0.2) is 8.78 Å².